The van der Waals surface area contributed by atoms with Crippen LogP contribution >= 0.6 is 11.6 Å². The van der Waals surface area contributed by atoms with Gasteiger partial charge in [-0.1, -0.05) is 48.0 Å². The number of nitrogens with one attached hydrogen (secondary N) is 2. The highest BCUT2D eigenvalue weighted by Crippen LogP contribution is 2.38. The number of hydrogen-bond acceptors (Lipinski definition) is 7. The number of alkyl carbamates (subject to hydrolysis) is 1. The van der Waals surface area contributed by atoms with Gasteiger partial charge in [-0.15, -0.1) is 0 Å². The zero-order chi connectivity index (χ0) is 34.7. The Labute approximate surface area is 279 Å². The first-order valence-electron chi connectivity index (χ1n) is 15.4. The molecule has 4 amide bonds. The van der Waals surface area contributed by atoms with Crippen LogP contribution in [0.4, 0.5) is 4.79 Å². The minimum absolute atomic E-state index is 0.0235. The van der Waals surface area contributed by atoms with Gasteiger partial charge < -0.3 is 25.4 Å². The second-order valence-electron chi connectivity index (χ2n) is 13.6. The SMILES string of the molecule is CN1N=C2CCN(C(=O)C(CCc3ccc(C(=O)O)cc3Cl)NC(=O)C(C)(C)NC(=O)OC(C)(C)C)CC2(Cc2ccccc2)C1=O. The predicted molar refractivity (Wildman–Crippen MR) is 176 cm³/mol. The highest BCUT2D eigenvalue weighted by atomic mass is 35.5. The molecule has 3 N–H and O–H groups in total. The van der Waals surface area contributed by atoms with Gasteiger partial charge in [0, 0.05) is 31.6 Å². The summed E-state index contributed by atoms with van der Waals surface area (Å²) in [5, 5.41) is 20.8. The molecule has 2 unspecified atom stereocenters. The van der Waals surface area contributed by atoms with Crippen molar-refractivity contribution >= 4 is 47.1 Å². The van der Waals surface area contributed by atoms with Gasteiger partial charge in [0.1, 0.15) is 22.6 Å². The van der Waals surface area contributed by atoms with E-state index in [1.165, 1.54) is 31.0 Å². The summed E-state index contributed by atoms with van der Waals surface area (Å²) in [6, 6.07) is 12.8. The molecule has 2 aromatic rings. The lowest BCUT2D eigenvalue weighted by Gasteiger charge is -2.41. The normalized spacial score (nSPS) is 18.6. The molecule has 2 aliphatic rings. The topological polar surface area (TPSA) is 158 Å². The second-order valence-corrected chi connectivity index (χ2v) is 14.0. The standard InChI is InChI=1S/C34H42ClN5O7/c1-32(2,3)47-31(46)37-33(4,5)29(44)36-25(15-14-22-12-13-23(28(42)43)18-24(22)35)27(41)40-17-16-26-34(20-40,30(45)39(6)38-26)19-21-10-8-7-9-11-21/h7-13,18,25H,14-17,19-20H2,1-6H3,(H,36,44)(H,37,46)(H,42,43). The Hall–Kier alpha value is -4.45. The Morgan fingerprint density at radius 2 is 1.77 bits per heavy atom. The van der Waals surface area contributed by atoms with E-state index in [-0.39, 0.29) is 42.4 Å². The third kappa shape index (κ3) is 8.29. The fraction of sp³-hybridized carbons (Fsp3) is 0.471. The first kappa shape index (κ1) is 35.4. The smallest absolute Gasteiger partial charge is 0.408 e. The average molecular weight is 668 g/mol. The zero-order valence-electron chi connectivity index (χ0n) is 27.6. The fourth-order valence-electron chi connectivity index (χ4n) is 5.83. The molecule has 0 spiro atoms. The van der Waals surface area contributed by atoms with Crippen LogP contribution in [0.15, 0.2) is 53.6 Å². The summed E-state index contributed by atoms with van der Waals surface area (Å²) in [6.07, 6.45) is 0.280. The van der Waals surface area contributed by atoms with E-state index in [9.17, 15) is 29.1 Å². The van der Waals surface area contributed by atoms with Crippen LogP contribution in [0.3, 0.4) is 0 Å². The molecule has 47 heavy (non-hydrogen) atoms. The molecule has 12 nitrogen and oxygen atoms in total. The Morgan fingerprint density at radius 3 is 2.38 bits per heavy atom. The van der Waals surface area contributed by atoms with Gasteiger partial charge in [0.2, 0.25) is 11.8 Å². The van der Waals surface area contributed by atoms with Crippen LogP contribution in [0.25, 0.3) is 0 Å². The molecule has 2 heterocycles. The van der Waals surface area contributed by atoms with Gasteiger partial charge in [-0.2, -0.15) is 5.10 Å². The molecule has 0 saturated carbocycles. The van der Waals surface area contributed by atoms with Crippen molar-refractivity contribution in [3.8, 4) is 0 Å². The van der Waals surface area contributed by atoms with Crippen molar-refractivity contribution in [1.82, 2.24) is 20.5 Å². The van der Waals surface area contributed by atoms with E-state index in [4.69, 9.17) is 16.3 Å². The number of carbonyl (C=O) groups excluding carboxylic acids is 4. The number of amides is 4. The van der Waals surface area contributed by atoms with Crippen LogP contribution < -0.4 is 10.6 Å². The number of aryl methyl sites for hydroxylation is 1. The summed E-state index contributed by atoms with van der Waals surface area (Å²) in [5.74, 6) is -2.35. The van der Waals surface area contributed by atoms with Crippen molar-refractivity contribution in [3.05, 3.63) is 70.2 Å². The van der Waals surface area contributed by atoms with Crippen molar-refractivity contribution in [3.63, 3.8) is 0 Å². The lowest BCUT2D eigenvalue weighted by molar-refractivity contribution is -0.142. The van der Waals surface area contributed by atoms with Gasteiger partial charge in [0.05, 0.1) is 11.3 Å². The predicted octanol–water partition coefficient (Wildman–Crippen LogP) is 4.05. The molecule has 0 bridgehead atoms. The van der Waals surface area contributed by atoms with Crippen molar-refractivity contribution in [2.24, 2.45) is 10.5 Å². The molecule has 1 fully saturated rings. The molecule has 4 rings (SSSR count). The molecule has 0 aromatic heterocycles. The Kier molecular flexibility index (Phi) is 10.3. The van der Waals surface area contributed by atoms with Crippen LogP contribution in [0, 0.1) is 5.41 Å². The quantitative estimate of drug-likeness (QED) is 0.345. The van der Waals surface area contributed by atoms with Crippen molar-refractivity contribution in [2.45, 2.75) is 77.5 Å². The molecular weight excluding hydrogens is 626 g/mol. The van der Waals surface area contributed by atoms with Gasteiger partial charge in [-0.3, -0.25) is 14.4 Å². The third-order valence-corrected chi connectivity index (χ3v) is 8.60. The maximum atomic E-state index is 14.3. The van der Waals surface area contributed by atoms with Gasteiger partial charge >= 0.3 is 12.1 Å². The second kappa shape index (κ2) is 13.7. The Morgan fingerprint density at radius 1 is 1.09 bits per heavy atom. The molecule has 2 aromatic carbocycles. The Bertz CT molecular complexity index is 1590. The van der Waals surface area contributed by atoms with Gasteiger partial charge in [-0.25, -0.2) is 14.6 Å². The number of nitrogens with zero attached hydrogens (tertiary/aromatic N) is 3. The Balaban J connectivity index is 1.60. The lowest BCUT2D eigenvalue weighted by Crippen LogP contribution is -2.62. The van der Waals surface area contributed by atoms with Crippen LogP contribution in [0.2, 0.25) is 5.02 Å². The monoisotopic (exact) mass is 667 g/mol. The number of carboxylic acid groups (broad SMARTS) is 1. The molecule has 2 atom stereocenters. The highest BCUT2D eigenvalue weighted by molar-refractivity contribution is 6.31. The summed E-state index contributed by atoms with van der Waals surface area (Å²) in [4.78, 5) is 67.1. The summed E-state index contributed by atoms with van der Waals surface area (Å²) < 4.78 is 5.33. The van der Waals surface area contributed by atoms with Crippen LogP contribution in [-0.2, 0) is 32.0 Å². The van der Waals surface area contributed by atoms with E-state index < -0.39 is 46.5 Å². The van der Waals surface area contributed by atoms with Gasteiger partial charge in [0.15, 0.2) is 0 Å². The number of halogens is 1. The number of aromatic carboxylic acids is 1. The van der Waals surface area contributed by atoms with Crippen molar-refractivity contribution < 1.29 is 33.8 Å². The summed E-state index contributed by atoms with van der Waals surface area (Å²) in [5.41, 5.74) is -1.04. The minimum atomic E-state index is -1.46. The summed E-state index contributed by atoms with van der Waals surface area (Å²) in [7, 11) is 1.61. The van der Waals surface area contributed by atoms with Crippen molar-refractivity contribution in [2.75, 3.05) is 20.1 Å². The number of ether oxygens (including phenoxy) is 1. The van der Waals surface area contributed by atoms with E-state index in [1.807, 2.05) is 30.3 Å². The van der Waals surface area contributed by atoms with Crippen molar-refractivity contribution in [1.29, 1.82) is 0 Å². The number of carboxylic acids is 1. The van der Waals surface area contributed by atoms with E-state index in [2.05, 4.69) is 15.7 Å². The molecule has 252 valence electrons. The number of fused-ring (bicyclic) bond motifs is 1. The number of hydrogen-bond donors (Lipinski definition) is 3. The van der Waals surface area contributed by atoms with Gasteiger partial charge in [-0.05, 0) is 77.1 Å². The van der Waals surface area contributed by atoms with E-state index in [1.54, 1.807) is 38.8 Å². The molecule has 0 radical (unpaired) electrons. The summed E-state index contributed by atoms with van der Waals surface area (Å²) in [6.45, 7) is 8.47. The molecule has 1 saturated heterocycles. The third-order valence-electron chi connectivity index (χ3n) is 8.25. The van der Waals surface area contributed by atoms with E-state index in [0.29, 0.717) is 24.1 Å². The fourth-order valence-corrected chi connectivity index (χ4v) is 6.11. The zero-order valence-corrected chi connectivity index (χ0v) is 28.3. The largest absolute Gasteiger partial charge is 0.478 e. The maximum absolute atomic E-state index is 14.3. The average Bonchev–Trinajstić information content (AvgIpc) is 3.22. The van der Waals surface area contributed by atoms with Crippen LogP contribution in [-0.4, -0.2) is 87.8 Å². The number of likely N-dealkylation sites (tertiary alicyclic amines) is 1. The maximum Gasteiger partial charge on any atom is 0.408 e. The lowest BCUT2D eigenvalue weighted by atomic mass is 9.73. The molecule has 2 aliphatic heterocycles. The molecule has 13 heteroatoms. The number of piperidine rings is 1. The molecular formula is C34H42ClN5O7. The first-order valence-corrected chi connectivity index (χ1v) is 15.8. The number of carbonyl (C=O) groups is 5. The van der Waals surface area contributed by atoms with Crippen LogP contribution in [0.1, 0.15) is 68.9 Å². The molecule has 0 aliphatic carbocycles. The summed E-state index contributed by atoms with van der Waals surface area (Å²) >= 11 is 6.40. The number of rotatable bonds is 10. The van der Waals surface area contributed by atoms with Crippen LogP contribution in [0.5, 0.6) is 0 Å². The first-order chi connectivity index (χ1) is 21.9. The number of hydrazone groups is 1. The van der Waals surface area contributed by atoms with E-state index in [0.717, 1.165) is 5.56 Å². The number of benzene rings is 2. The van der Waals surface area contributed by atoms with E-state index >= 15 is 0 Å². The van der Waals surface area contributed by atoms with Gasteiger partial charge in [0.25, 0.3) is 5.91 Å². The highest BCUT2D eigenvalue weighted by Gasteiger charge is 2.54. The minimum Gasteiger partial charge on any atom is -0.478 e.